The van der Waals surface area contributed by atoms with Gasteiger partial charge in [0.25, 0.3) is 11.8 Å². The summed E-state index contributed by atoms with van der Waals surface area (Å²) in [5.74, 6) is -3.87. The second-order valence-corrected chi connectivity index (χ2v) is 15.6. The number of alkyl halides is 3. The zero-order chi connectivity index (χ0) is 36.3. The number of alkyl carbamates (subject to hydrolysis) is 1. The van der Waals surface area contributed by atoms with Crippen LogP contribution in [0, 0.1) is 0 Å². The lowest BCUT2D eigenvalue weighted by Gasteiger charge is -2.49. The molecular weight excluding hydrogens is 727 g/mol. The minimum Gasteiger partial charge on any atom is -0.445 e. The Hall–Kier alpha value is -4.28. The van der Waals surface area contributed by atoms with Gasteiger partial charge in [0.1, 0.15) is 19.2 Å². The number of guanidine groups is 1. The van der Waals surface area contributed by atoms with Crippen LogP contribution in [0.1, 0.15) is 34.3 Å². The second-order valence-electron chi connectivity index (χ2n) is 13.1. The standard InChI is InChI=1S/C33H35Cl3N8O7/c1-18-37-26-23(14-43-25(45)16-42(30(43)48)20-10-3-2-4-11-20)38-28(40-29(47)51-17-31(34,35)36)44-15-24(33(49,50)32(26,44)41-18)39-27(46)22-13-7-9-19-8-5-6-12-21(19)22/h2-4,7,9-11,13,23-24,26,37,41,49-50H,1,5-6,8,12,14-17H2,(H,39,46)(H,38,40,47)/t23-,24?,26-,32-/m0/s1. The van der Waals surface area contributed by atoms with E-state index >= 15 is 0 Å². The van der Waals surface area contributed by atoms with Gasteiger partial charge in [0, 0.05) is 17.8 Å². The van der Waals surface area contributed by atoms with Crippen molar-refractivity contribution < 1.29 is 34.1 Å². The number of carbonyl (C=O) groups excluding carboxylic acids is 4. The van der Waals surface area contributed by atoms with Crippen molar-refractivity contribution in [2.45, 2.75) is 59.1 Å². The van der Waals surface area contributed by atoms with Crippen molar-refractivity contribution in [2.75, 3.05) is 31.1 Å². The molecule has 0 bridgehead atoms. The molecule has 5 amide bonds. The lowest BCUT2D eigenvalue weighted by molar-refractivity contribution is -0.231. The van der Waals surface area contributed by atoms with Crippen LogP contribution in [-0.2, 0) is 22.4 Å². The molecule has 4 heterocycles. The van der Waals surface area contributed by atoms with E-state index in [1.54, 1.807) is 42.5 Å². The van der Waals surface area contributed by atoms with E-state index in [1.807, 2.05) is 6.07 Å². The number of aliphatic imine (C=N–C) groups is 1. The number of hydrogen-bond acceptors (Lipinski definition) is 11. The number of benzene rings is 2. The van der Waals surface area contributed by atoms with Crippen molar-refractivity contribution in [3.8, 4) is 0 Å². The summed E-state index contributed by atoms with van der Waals surface area (Å²) in [4.78, 5) is 62.1. The summed E-state index contributed by atoms with van der Waals surface area (Å²) in [6, 6.07) is 9.99. The highest BCUT2D eigenvalue weighted by Crippen LogP contribution is 2.45. The molecule has 1 aliphatic carbocycles. The minimum atomic E-state index is -2.77. The molecule has 0 saturated carbocycles. The Bertz CT molecular complexity index is 1820. The van der Waals surface area contributed by atoms with Crippen LogP contribution in [0.15, 0.2) is 65.9 Å². The summed E-state index contributed by atoms with van der Waals surface area (Å²) >= 11 is 17.3. The number of nitrogens with zero attached hydrogens (tertiary/aromatic N) is 4. The largest absolute Gasteiger partial charge is 0.445 e. The highest BCUT2D eigenvalue weighted by molar-refractivity contribution is 6.67. The van der Waals surface area contributed by atoms with E-state index in [0.29, 0.717) is 17.7 Å². The third-order valence-electron chi connectivity index (χ3n) is 9.91. The summed E-state index contributed by atoms with van der Waals surface area (Å²) < 4.78 is 3.15. The van der Waals surface area contributed by atoms with Gasteiger partial charge in [-0.05, 0) is 55.0 Å². The fourth-order valence-electron chi connectivity index (χ4n) is 7.65. The molecule has 3 fully saturated rings. The summed E-state index contributed by atoms with van der Waals surface area (Å²) in [7, 11) is 0. The first kappa shape index (κ1) is 35.1. The number of urea groups is 1. The number of aliphatic hydroxyl groups is 2. The Morgan fingerprint density at radius 3 is 2.57 bits per heavy atom. The molecule has 51 heavy (non-hydrogen) atoms. The summed E-state index contributed by atoms with van der Waals surface area (Å²) in [5.41, 5.74) is 0.972. The van der Waals surface area contributed by atoms with Crippen LogP contribution in [0.5, 0.6) is 0 Å². The van der Waals surface area contributed by atoms with Crippen molar-refractivity contribution in [2.24, 2.45) is 4.99 Å². The summed E-state index contributed by atoms with van der Waals surface area (Å²) in [5, 5.41) is 35.7. The fraction of sp³-hybridized carbons (Fsp3) is 0.424. The van der Waals surface area contributed by atoms with Crippen LogP contribution in [0.25, 0.3) is 0 Å². The Morgan fingerprint density at radius 1 is 1.08 bits per heavy atom. The highest BCUT2D eigenvalue weighted by atomic mass is 35.6. The van der Waals surface area contributed by atoms with Crippen LogP contribution in [0.3, 0.4) is 0 Å². The number of fused-ring (bicyclic) bond motifs is 1. The molecule has 18 heteroatoms. The molecule has 4 aliphatic heterocycles. The molecule has 2 aromatic carbocycles. The monoisotopic (exact) mass is 760 g/mol. The average molecular weight is 762 g/mol. The average Bonchev–Trinajstić information content (AvgIpc) is 3.67. The molecule has 0 radical (unpaired) electrons. The van der Waals surface area contributed by atoms with Crippen LogP contribution in [0.4, 0.5) is 15.3 Å². The van der Waals surface area contributed by atoms with Gasteiger partial charge >= 0.3 is 12.1 Å². The number of anilines is 1. The van der Waals surface area contributed by atoms with E-state index in [2.05, 4.69) is 27.8 Å². The van der Waals surface area contributed by atoms with Crippen molar-refractivity contribution >= 4 is 70.4 Å². The molecule has 2 aromatic rings. The molecule has 3 saturated heterocycles. The molecule has 270 valence electrons. The van der Waals surface area contributed by atoms with Crippen molar-refractivity contribution in [1.29, 1.82) is 0 Å². The van der Waals surface area contributed by atoms with E-state index in [1.165, 1.54) is 9.80 Å². The Labute approximate surface area is 307 Å². The molecule has 5 aliphatic rings. The molecular formula is C33H35Cl3N8O7. The summed E-state index contributed by atoms with van der Waals surface area (Å²) in [6.45, 7) is 2.49. The van der Waals surface area contributed by atoms with Crippen molar-refractivity contribution in [3.05, 3.63) is 77.6 Å². The van der Waals surface area contributed by atoms with Gasteiger partial charge in [-0.25, -0.2) is 14.6 Å². The number of rotatable bonds is 6. The highest BCUT2D eigenvalue weighted by Gasteiger charge is 2.74. The third-order valence-corrected chi connectivity index (χ3v) is 10.2. The van der Waals surface area contributed by atoms with E-state index in [4.69, 9.17) is 44.5 Å². The number of ether oxygens (including phenoxy) is 1. The number of amides is 5. The number of hydrogen-bond donors (Lipinski definition) is 6. The zero-order valence-electron chi connectivity index (χ0n) is 27.1. The Balaban J connectivity index is 1.22. The first-order valence-corrected chi connectivity index (χ1v) is 17.5. The quantitative estimate of drug-likeness (QED) is 0.144. The van der Waals surface area contributed by atoms with Crippen LogP contribution < -0.4 is 26.2 Å². The van der Waals surface area contributed by atoms with E-state index < -0.39 is 63.9 Å². The minimum absolute atomic E-state index is 0.159. The Kier molecular flexibility index (Phi) is 8.99. The van der Waals surface area contributed by atoms with Crippen LogP contribution in [0.2, 0.25) is 0 Å². The normalized spacial score (nSPS) is 26.5. The predicted molar refractivity (Wildman–Crippen MR) is 187 cm³/mol. The number of imide groups is 1. The predicted octanol–water partition coefficient (Wildman–Crippen LogP) is 1.69. The van der Waals surface area contributed by atoms with Crippen LogP contribution in [-0.4, -0.2) is 110 Å². The van der Waals surface area contributed by atoms with Gasteiger partial charge in [-0.1, -0.05) is 71.7 Å². The molecule has 4 atom stereocenters. The van der Waals surface area contributed by atoms with E-state index in [9.17, 15) is 29.4 Å². The van der Waals surface area contributed by atoms with Crippen molar-refractivity contribution in [1.82, 2.24) is 31.1 Å². The number of para-hydroxylation sites is 1. The maximum absolute atomic E-state index is 13.8. The van der Waals surface area contributed by atoms with Gasteiger partial charge < -0.3 is 35.8 Å². The first-order chi connectivity index (χ1) is 24.2. The lowest BCUT2D eigenvalue weighted by atomic mass is 9.84. The fourth-order valence-corrected chi connectivity index (χ4v) is 7.82. The number of halogens is 3. The number of aryl methyl sites for hydroxylation is 1. The molecule has 1 spiro atoms. The number of nitrogens with one attached hydrogen (secondary N) is 4. The van der Waals surface area contributed by atoms with Crippen molar-refractivity contribution in [3.63, 3.8) is 0 Å². The SMILES string of the molecule is C=C1N[C@H]2[C@H](CN3C(=O)CN(c4ccccc4)C3=O)N=C(NC(=O)OCC(Cl)(Cl)Cl)N3CC(NC(=O)c4cccc5c4CCCC5)C(O)(O)[C@]23N1. The maximum atomic E-state index is 13.8. The van der Waals surface area contributed by atoms with E-state index in [-0.39, 0.29) is 31.4 Å². The van der Waals surface area contributed by atoms with Gasteiger partial charge in [0.15, 0.2) is 5.66 Å². The van der Waals surface area contributed by atoms with Crippen LogP contribution >= 0.6 is 34.8 Å². The molecule has 7 rings (SSSR count). The zero-order valence-corrected chi connectivity index (χ0v) is 29.3. The number of carbonyl (C=O) groups is 4. The smallest absolute Gasteiger partial charge is 0.414 e. The van der Waals surface area contributed by atoms with Gasteiger partial charge in [0.05, 0.1) is 24.4 Å². The molecule has 0 aromatic heterocycles. The van der Waals surface area contributed by atoms with Gasteiger partial charge in [-0.15, -0.1) is 0 Å². The molecule has 1 unspecified atom stereocenters. The topological polar surface area (TPSA) is 188 Å². The first-order valence-electron chi connectivity index (χ1n) is 16.3. The van der Waals surface area contributed by atoms with E-state index in [0.717, 1.165) is 35.3 Å². The molecule has 15 nitrogen and oxygen atoms in total. The van der Waals surface area contributed by atoms with Gasteiger partial charge in [-0.2, -0.15) is 0 Å². The summed E-state index contributed by atoms with van der Waals surface area (Å²) in [6.07, 6.45) is 2.40. The second kappa shape index (κ2) is 13.0. The third kappa shape index (κ3) is 6.20. The Morgan fingerprint density at radius 2 is 1.82 bits per heavy atom. The maximum Gasteiger partial charge on any atom is 0.414 e. The lowest BCUT2D eigenvalue weighted by Crippen LogP contribution is -2.78. The van der Waals surface area contributed by atoms with Gasteiger partial charge in [0.2, 0.25) is 15.5 Å². The molecule has 6 N–H and O–H groups in total. The van der Waals surface area contributed by atoms with Gasteiger partial charge in [-0.3, -0.25) is 24.7 Å².